The predicted octanol–water partition coefficient (Wildman–Crippen LogP) is 1.95. The number of anilines is 1. The summed E-state index contributed by atoms with van der Waals surface area (Å²) in [6, 6.07) is 5.17. The first-order valence-corrected chi connectivity index (χ1v) is 4.28. The van der Waals surface area contributed by atoms with Crippen LogP contribution in [0.5, 0.6) is 5.75 Å². The van der Waals surface area contributed by atoms with Crippen molar-refractivity contribution >= 4 is 17.3 Å². The van der Waals surface area contributed by atoms with Crippen LogP contribution in [0.2, 0.25) is 5.02 Å². The van der Waals surface area contributed by atoms with Crippen LogP contribution in [-0.4, -0.2) is 20.3 Å². The molecule has 0 heterocycles. The van der Waals surface area contributed by atoms with E-state index in [9.17, 15) is 0 Å². The summed E-state index contributed by atoms with van der Waals surface area (Å²) in [7, 11) is 1.62. The minimum absolute atomic E-state index is 0.511. The summed E-state index contributed by atoms with van der Waals surface area (Å²) < 4.78 is 10.2. The van der Waals surface area contributed by atoms with E-state index in [0.717, 1.165) is 0 Å². The molecule has 0 saturated heterocycles. The highest BCUT2D eigenvalue weighted by molar-refractivity contribution is 6.33. The number of hydrogen-bond acceptors (Lipinski definition) is 3. The van der Waals surface area contributed by atoms with Gasteiger partial charge >= 0.3 is 0 Å². The van der Waals surface area contributed by atoms with Crippen molar-refractivity contribution in [2.75, 3.05) is 26.1 Å². The number of hydrogen-bond donors (Lipinski definition) is 1. The fraction of sp³-hybridized carbons (Fsp3) is 0.333. The molecule has 1 aromatic carbocycles. The third kappa shape index (κ3) is 3.13. The fourth-order valence-corrected chi connectivity index (χ4v) is 0.972. The summed E-state index contributed by atoms with van der Waals surface area (Å²) >= 11 is 5.74. The van der Waals surface area contributed by atoms with Crippen LogP contribution in [0, 0.1) is 0 Å². The predicted molar refractivity (Wildman–Crippen MR) is 53.2 cm³/mol. The molecule has 2 N–H and O–H groups in total. The molecule has 4 heteroatoms. The zero-order chi connectivity index (χ0) is 9.68. The monoisotopic (exact) mass is 201 g/mol. The zero-order valence-electron chi connectivity index (χ0n) is 7.42. The van der Waals surface area contributed by atoms with Gasteiger partial charge in [0.2, 0.25) is 0 Å². The molecule has 0 aromatic heterocycles. The van der Waals surface area contributed by atoms with Crippen molar-refractivity contribution in [3.63, 3.8) is 0 Å². The second-order valence-corrected chi connectivity index (χ2v) is 2.93. The van der Waals surface area contributed by atoms with Crippen molar-refractivity contribution in [3.8, 4) is 5.75 Å². The number of rotatable bonds is 4. The van der Waals surface area contributed by atoms with Gasteiger partial charge in [-0.15, -0.1) is 0 Å². The van der Waals surface area contributed by atoms with E-state index >= 15 is 0 Å². The molecule has 13 heavy (non-hydrogen) atoms. The van der Waals surface area contributed by atoms with Crippen molar-refractivity contribution in [1.29, 1.82) is 0 Å². The average Bonchev–Trinajstić information content (AvgIpc) is 2.12. The van der Waals surface area contributed by atoms with Crippen LogP contribution in [0.15, 0.2) is 18.2 Å². The molecule has 0 unspecified atom stereocenters. The van der Waals surface area contributed by atoms with Crippen LogP contribution in [-0.2, 0) is 4.74 Å². The Kier molecular flexibility index (Phi) is 3.86. The quantitative estimate of drug-likeness (QED) is 0.598. The van der Waals surface area contributed by atoms with Crippen LogP contribution >= 0.6 is 11.6 Å². The van der Waals surface area contributed by atoms with E-state index in [1.54, 1.807) is 25.3 Å². The molecule has 0 atom stereocenters. The maximum absolute atomic E-state index is 5.74. The van der Waals surface area contributed by atoms with Gasteiger partial charge in [0.05, 0.1) is 17.3 Å². The Labute approximate surface area is 82.4 Å². The lowest BCUT2D eigenvalue weighted by molar-refractivity contribution is 0.146. The van der Waals surface area contributed by atoms with Gasteiger partial charge in [-0.3, -0.25) is 0 Å². The van der Waals surface area contributed by atoms with Crippen molar-refractivity contribution in [1.82, 2.24) is 0 Å². The lowest BCUT2D eigenvalue weighted by Crippen LogP contribution is -2.04. The smallest absolute Gasteiger partial charge is 0.121 e. The number of benzene rings is 1. The lowest BCUT2D eigenvalue weighted by Gasteiger charge is -2.06. The molecule has 0 amide bonds. The number of nitrogen functional groups attached to an aromatic ring is 1. The maximum atomic E-state index is 5.74. The Morgan fingerprint density at radius 3 is 2.77 bits per heavy atom. The number of nitrogens with two attached hydrogens (primary N) is 1. The van der Waals surface area contributed by atoms with Crippen molar-refractivity contribution in [3.05, 3.63) is 23.2 Å². The van der Waals surface area contributed by atoms with Gasteiger partial charge in [-0.05, 0) is 12.1 Å². The molecule has 0 aliphatic heterocycles. The van der Waals surface area contributed by atoms with E-state index < -0.39 is 0 Å². The van der Waals surface area contributed by atoms with Crippen molar-refractivity contribution in [2.24, 2.45) is 0 Å². The Morgan fingerprint density at radius 2 is 2.15 bits per heavy atom. The van der Waals surface area contributed by atoms with E-state index in [1.165, 1.54) is 0 Å². The van der Waals surface area contributed by atoms with Crippen LogP contribution in [0.25, 0.3) is 0 Å². The van der Waals surface area contributed by atoms with E-state index in [0.29, 0.717) is 29.7 Å². The minimum atomic E-state index is 0.511. The van der Waals surface area contributed by atoms with Crippen molar-refractivity contribution in [2.45, 2.75) is 0 Å². The molecule has 1 rings (SSSR count). The first-order chi connectivity index (χ1) is 6.24. The van der Waals surface area contributed by atoms with E-state index in [1.807, 2.05) is 0 Å². The van der Waals surface area contributed by atoms with Gasteiger partial charge in [-0.1, -0.05) is 11.6 Å². The normalized spacial score (nSPS) is 10.0. The average molecular weight is 202 g/mol. The van der Waals surface area contributed by atoms with E-state index in [2.05, 4.69) is 0 Å². The van der Waals surface area contributed by atoms with Gasteiger partial charge < -0.3 is 15.2 Å². The Hall–Kier alpha value is -0.930. The molecule has 0 aliphatic carbocycles. The second-order valence-electron chi connectivity index (χ2n) is 2.52. The van der Waals surface area contributed by atoms with Crippen molar-refractivity contribution < 1.29 is 9.47 Å². The van der Waals surface area contributed by atoms with E-state index in [-0.39, 0.29) is 0 Å². The number of methoxy groups -OCH3 is 1. The summed E-state index contributed by atoms with van der Waals surface area (Å²) in [5.41, 5.74) is 6.11. The molecule has 0 aliphatic rings. The first-order valence-electron chi connectivity index (χ1n) is 3.91. The van der Waals surface area contributed by atoms with Crippen LogP contribution < -0.4 is 10.5 Å². The summed E-state index contributed by atoms with van der Waals surface area (Å²) in [5.74, 6) is 0.707. The fourth-order valence-electron chi connectivity index (χ4n) is 0.854. The van der Waals surface area contributed by atoms with Crippen LogP contribution in [0.4, 0.5) is 5.69 Å². The topological polar surface area (TPSA) is 44.5 Å². The van der Waals surface area contributed by atoms with Gasteiger partial charge in [0.1, 0.15) is 12.4 Å². The minimum Gasteiger partial charge on any atom is -0.491 e. The molecule has 0 saturated carbocycles. The lowest BCUT2D eigenvalue weighted by atomic mass is 10.3. The highest BCUT2D eigenvalue weighted by Crippen LogP contribution is 2.23. The molecule has 0 bridgehead atoms. The van der Waals surface area contributed by atoms with Gasteiger partial charge in [0, 0.05) is 13.2 Å². The van der Waals surface area contributed by atoms with Crippen LogP contribution in [0.1, 0.15) is 0 Å². The molecule has 1 aromatic rings. The molecular weight excluding hydrogens is 190 g/mol. The Bertz CT molecular complexity index is 278. The third-order valence-corrected chi connectivity index (χ3v) is 1.87. The van der Waals surface area contributed by atoms with Gasteiger partial charge in [-0.2, -0.15) is 0 Å². The standard InChI is InChI=1S/C9H12ClNO2/c1-12-4-5-13-7-2-3-8(10)9(11)6-7/h2-3,6H,4-5,11H2,1H3. The number of halogens is 1. The van der Waals surface area contributed by atoms with E-state index in [4.69, 9.17) is 26.8 Å². The SMILES string of the molecule is COCCOc1ccc(Cl)c(N)c1. The highest BCUT2D eigenvalue weighted by Gasteiger charge is 1.98. The largest absolute Gasteiger partial charge is 0.491 e. The second kappa shape index (κ2) is 4.94. The third-order valence-electron chi connectivity index (χ3n) is 1.52. The summed E-state index contributed by atoms with van der Waals surface area (Å²) in [4.78, 5) is 0. The summed E-state index contributed by atoms with van der Waals surface area (Å²) in [5, 5.41) is 0.541. The Balaban J connectivity index is 2.53. The maximum Gasteiger partial charge on any atom is 0.121 e. The zero-order valence-corrected chi connectivity index (χ0v) is 8.17. The summed E-state index contributed by atoms with van der Waals surface area (Å²) in [6.07, 6.45) is 0. The highest BCUT2D eigenvalue weighted by atomic mass is 35.5. The van der Waals surface area contributed by atoms with Crippen LogP contribution in [0.3, 0.4) is 0 Å². The molecule has 0 fully saturated rings. The first kappa shape index (κ1) is 10.2. The molecule has 72 valence electrons. The number of ether oxygens (including phenoxy) is 2. The summed E-state index contributed by atoms with van der Waals surface area (Å²) in [6.45, 7) is 1.07. The molecule has 0 spiro atoms. The molecule has 0 radical (unpaired) electrons. The van der Waals surface area contributed by atoms with Gasteiger partial charge in [0.25, 0.3) is 0 Å². The Morgan fingerprint density at radius 1 is 1.38 bits per heavy atom. The molecule has 3 nitrogen and oxygen atoms in total. The van der Waals surface area contributed by atoms with Gasteiger partial charge in [0.15, 0.2) is 0 Å². The molecular formula is C9H12ClNO2. The van der Waals surface area contributed by atoms with Gasteiger partial charge in [-0.25, -0.2) is 0 Å².